The Balaban J connectivity index is 0.983. The van der Waals surface area contributed by atoms with Crippen molar-refractivity contribution in [3.63, 3.8) is 0 Å². The fourth-order valence-corrected chi connectivity index (χ4v) is 5.29. The number of carbonyl (C=O) groups is 4. The number of carbonyl (C=O) groups excluding carboxylic acids is 4. The van der Waals surface area contributed by atoms with E-state index in [4.69, 9.17) is 18.9 Å². The number of nitrogens with one attached hydrogen (secondary N) is 1. The lowest BCUT2D eigenvalue weighted by Crippen LogP contribution is -2.41. The van der Waals surface area contributed by atoms with Crippen molar-refractivity contribution in [3.8, 4) is 0 Å². The summed E-state index contributed by atoms with van der Waals surface area (Å²) in [7, 11) is 0. The maximum absolute atomic E-state index is 12.6. The number of cyclic esters (lactones) is 2. The summed E-state index contributed by atoms with van der Waals surface area (Å²) in [4.78, 5) is 55.7. The fourth-order valence-electron chi connectivity index (χ4n) is 5.29. The van der Waals surface area contributed by atoms with Crippen molar-refractivity contribution < 1.29 is 38.1 Å². The molecule has 216 valence electrons. The average Bonchev–Trinajstić information content (AvgIpc) is 3.53. The lowest BCUT2D eigenvalue weighted by Gasteiger charge is -2.27. The molecule has 2 aromatic rings. The normalized spacial score (nSPS) is 23.2. The summed E-state index contributed by atoms with van der Waals surface area (Å²) in [5.74, 6) is -0.166. The number of rotatable bonds is 8. The minimum absolute atomic E-state index is 0.0589. The predicted molar refractivity (Wildman–Crippen MR) is 147 cm³/mol. The molecular formula is C28H31N5O8. The fraction of sp³-hybridized carbons (Fsp3) is 0.429. The number of anilines is 4. The SMILES string of the molecule is O=C1O[C@@H](CNc2ccc(N3CCOCC3=O)cc2)CN1C[C@H]1CN(c2ccc(N3CCOCC3=O)cc2)C(=O)O1. The van der Waals surface area contributed by atoms with Gasteiger partial charge in [0.25, 0.3) is 11.8 Å². The smallest absolute Gasteiger partial charge is 0.414 e. The predicted octanol–water partition coefficient (Wildman–Crippen LogP) is 1.67. The second-order valence-electron chi connectivity index (χ2n) is 10.2. The second kappa shape index (κ2) is 11.6. The summed E-state index contributed by atoms with van der Waals surface area (Å²) < 4.78 is 21.4. The van der Waals surface area contributed by atoms with Crippen molar-refractivity contribution in [1.29, 1.82) is 0 Å². The third-order valence-corrected chi connectivity index (χ3v) is 7.41. The van der Waals surface area contributed by atoms with Crippen LogP contribution in [0, 0.1) is 0 Å². The van der Waals surface area contributed by atoms with Crippen LogP contribution in [0.2, 0.25) is 0 Å². The van der Waals surface area contributed by atoms with Crippen molar-refractivity contribution in [2.75, 3.05) is 85.7 Å². The molecular weight excluding hydrogens is 534 g/mol. The number of hydrogen-bond donors (Lipinski definition) is 1. The van der Waals surface area contributed by atoms with Gasteiger partial charge in [-0.3, -0.25) is 14.5 Å². The van der Waals surface area contributed by atoms with Crippen LogP contribution < -0.4 is 20.0 Å². The summed E-state index contributed by atoms with van der Waals surface area (Å²) in [6.45, 7) is 3.44. The molecule has 0 radical (unpaired) electrons. The van der Waals surface area contributed by atoms with Crippen LogP contribution in [0.5, 0.6) is 0 Å². The molecule has 0 saturated carbocycles. The van der Waals surface area contributed by atoms with Gasteiger partial charge < -0.3 is 39.0 Å². The molecule has 4 aliphatic rings. The highest BCUT2D eigenvalue weighted by atomic mass is 16.6. The van der Waals surface area contributed by atoms with Crippen molar-refractivity contribution >= 4 is 46.8 Å². The molecule has 0 unspecified atom stereocenters. The van der Waals surface area contributed by atoms with Crippen LogP contribution in [0.4, 0.5) is 32.3 Å². The van der Waals surface area contributed by atoms with Gasteiger partial charge in [0.05, 0.1) is 39.4 Å². The summed E-state index contributed by atoms with van der Waals surface area (Å²) in [6.07, 6.45) is -1.81. The third-order valence-electron chi connectivity index (χ3n) is 7.41. The molecule has 4 amide bonds. The van der Waals surface area contributed by atoms with E-state index in [0.29, 0.717) is 51.6 Å². The van der Waals surface area contributed by atoms with Crippen molar-refractivity contribution in [2.24, 2.45) is 0 Å². The van der Waals surface area contributed by atoms with E-state index in [1.165, 1.54) is 4.90 Å². The second-order valence-corrected chi connectivity index (χ2v) is 10.2. The molecule has 4 heterocycles. The van der Waals surface area contributed by atoms with Gasteiger partial charge in [0.2, 0.25) is 0 Å². The first-order valence-corrected chi connectivity index (χ1v) is 13.6. The van der Waals surface area contributed by atoms with Crippen LogP contribution in [0.15, 0.2) is 48.5 Å². The van der Waals surface area contributed by atoms with Gasteiger partial charge >= 0.3 is 12.2 Å². The van der Waals surface area contributed by atoms with E-state index in [-0.39, 0.29) is 37.7 Å². The molecule has 0 spiro atoms. The van der Waals surface area contributed by atoms with Crippen molar-refractivity contribution in [2.45, 2.75) is 12.2 Å². The van der Waals surface area contributed by atoms with Gasteiger partial charge in [0, 0.05) is 35.8 Å². The van der Waals surface area contributed by atoms with Gasteiger partial charge in [-0.15, -0.1) is 0 Å². The van der Waals surface area contributed by atoms with Crippen LogP contribution in [0.25, 0.3) is 0 Å². The summed E-state index contributed by atoms with van der Waals surface area (Å²) in [5.41, 5.74) is 3.05. The minimum Gasteiger partial charge on any atom is -0.442 e. The zero-order valence-electron chi connectivity index (χ0n) is 22.4. The molecule has 13 heteroatoms. The topological polar surface area (TPSA) is 130 Å². The largest absolute Gasteiger partial charge is 0.442 e. The molecule has 13 nitrogen and oxygen atoms in total. The molecule has 0 aliphatic carbocycles. The van der Waals surface area contributed by atoms with E-state index < -0.39 is 18.3 Å². The van der Waals surface area contributed by atoms with Gasteiger partial charge in [-0.25, -0.2) is 9.59 Å². The first kappa shape index (κ1) is 26.8. The number of amides is 4. The number of benzene rings is 2. The maximum atomic E-state index is 12.6. The van der Waals surface area contributed by atoms with E-state index in [1.807, 2.05) is 24.3 Å². The van der Waals surface area contributed by atoms with Gasteiger partial charge in [0.1, 0.15) is 25.4 Å². The molecule has 4 saturated heterocycles. The molecule has 6 rings (SSSR count). The lowest BCUT2D eigenvalue weighted by molar-refractivity contribution is -0.126. The molecule has 0 bridgehead atoms. The highest BCUT2D eigenvalue weighted by Crippen LogP contribution is 2.27. The van der Waals surface area contributed by atoms with E-state index in [0.717, 1.165) is 17.1 Å². The van der Waals surface area contributed by atoms with Crippen LogP contribution in [0.3, 0.4) is 0 Å². The first-order chi connectivity index (χ1) is 19.9. The van der Waals surface area contributed by atoms with Gasteiger partial charge in [-0.2, -0.15) is 0 Å². The van der Waals surface area contributed by atoms with Crippen LogP contribution >= 0.6 is 0 Å². The van der Waals surface area contributed by atoms with E-state index in [9.17, 15) is 19.2 Å². The monoisotopic (exact) mass is 565 g/mol. The van der Waals surface area contributed by atoms with Crippen LogP contribution in [0.1, 0.15) is 0 Å². The van der Waals surface area contributed by atoms with E-state index in [2.05, 4.69) is 5.32 Å². The number of hydrogen-bond acceptors (Lipinski definition) is 9. The summed E-state index contributed by atoms with van der Waals surface area (Å²) in [5, 5.41) is 3.27. The molecule has 4 fully saturated rings. The summed E-state index contributed by atoms with van der Waals surface area (Å²) in [6, 6.07) is 14.6. The van der Waals surface area contributed by atoms with Gasteiger partial charge in [-0.1, -0.05) is 0 Å². The molecule has 1 N–H and O–H groups in total. The zero-order valence-corrected chi connectivity index (χ0v) is 22.4. The Morgan fingerprint density at radius 3 is 1.78 bits per heavy atom. The molecule has 0 aromatic heterocycles. The van der Waals surface area contributed by atoms with Gasteiger partial charge in [-0.05, 0) is 48.5 Å². The standard InChI is InChI=1S/C28H31N5O8/c34-25-17-38-11-9-31(25)20-3-1-19(2-4-20)29-13-23-14-30(27(36)40-23)15-24-16-33(28(37)41-24)22-7-5-21(6-8-22)32-10-12-39-18-26(32)35/h1-8,23-24,29H,9-18H2/t23-,24-/m0/s1. The Morgan fingerprint density at radius 1 is 0.659 bits per heavy atom. The highest BCUT2D eigenvalue weighted by molar-refractivity contribution is 5.96. The molecule has 41 heavy (non-hydrogen) atoms. The van der Waals surface area contributed by atoms with Gasteiger partial charge in [0.15, 0.2) is 0 Å². The minimum atomic E-state index is -0.502. The van der Waals surface area contributed by atoms with Crippen LogP contribution in [-0.4, -0.2) is 107 Å². The third kappa shape index (κ3) is 5.91. The molecule has 2 atom stereocenters. The van der Waals surface area contributed by atoms with E-state index in [1.54, 1.807) is 39.0 Å². The van der Waals surface area contributed by atoms with Crippen molar-refractivity contribution in [1.82, 2.24) is 4.90 Å². The first-order valence-electron chi connectivity index (χ1n) is 13.6. The Morgan fingerprint density at radius 2 is 1.20 bits per heavy atom. The Labute approximate surface area is 236 Å². The highest BCUT2D eigenvalue weighted by Gasteiger charge is 2.38. The van der Waals surface area contributed by atoms with E-state index >= 15 is 0 Å². The Kier molecular flexibility index (Phi) is 7.61. The summed E-state index contributed by atoms with van der Waals surface area (Å²) >= 11 is 0. The molecule has 4 aliphatic heterocycles. The lowest BCUT2D eigenvalue weighted by atomic mass is 10.2. The van der Waals surface area contributed by atoms with Crippen molar-refractivity contribution in [3.05, 3.63) is 48.5 Å². The van der Waals surface area contributed by atoms with Crippen LogP contribution in [-0.2, 0) is 28.5 Å². The Hall–Kier alpha value is -4.36. The Bertz CT molecular complexity index is 1300. The number of nitrogens with zero attached hydrogens (tertiary/aromatic N) is 4. The number of morpholine rings is 2. The maximum Gasteiger partial charge on any atom is 0.414 e. The quantitative estimate of drug-likeness (QED) is 0.508. The zero-order chi connectivity index (χ0) is 28.3. The molecule has 2 aromatic carbocycles. The average molecular weight is 566 g/mol. The number of ether oxygens (including phenoxy) is 4.